The fourth-order valence-corrected chi connectivity index (χ4v) is 12.9. The zero-order chi connectivity index (χ0) is 38.4. The number of rotatable bonds is 12. The fraction of sp³-hybridized carbons (Fsp3) is 0.273. The van der Waals surface area contributed by atoms with Crippen LogP contribution in [-0.4, -0.2) is 43.8 Å². The van der Waals surface area contributed by atoms with Gasteiger partial charge in [-0.2, -0.15) is 0 Å². The number of benzene rings is 4. The van der Waals surface area contributed by atoms with Crippen LogP contribution in [0.1, 0.15) is 63.8 Å². The molecule has 1 unspecified atom stereocenters. The monoisotopic (exact) mass is 747 g/mol. The van der Waals surface area contributed by atoms with Gasteiger partial charge in [-0.3, -0.25) is 14.3 Å². The average Bonchev–Trinajstić information content (AvgIpc) is 3.14. The number of halogens is 1. The van der Waals surface area contributed by atoms with E-state index in [9.17, 15) is 18.9 Å². The van der Waals surface area contributed by atoms with Crippen molar-refractivity contribution in [1.29, 1.82) is 0 Å². The molecule has 0 saturated heterocycles. The van der Waals surface area contributed by atoms with E-state index in [0.29, 0.717) is 22.4 Å². The molecule has 0 aliphatic rings. The zero-order valence-electron chi connectivity index (χ0n) is 31.4. The minimum atomic E-state index is -3.86. The van der Waals surface area contributed by atoms with Crippen LogP contribution in [0.4, 0.5) is 4.39 Å². The lowest BCUT2D eigenvalue weighted by molar-refractivity contribution is -0.138. The highest BCUT2D eigenvalue weighted by atomic mass is 31.2. The number of carboxylic acid groups (broad SMARTS) is 1. The van der Waals surface area contributed by atoms with Crippen molar-refractivity contribution in [2.45, 2.75) is 65.0 Å². The normalized spacial score (nSPS) is 13.5. The number of hydrogen-bond donors (Lipinski definition) is 1. The van der Waals surface area contributed by atoms with Gasteiger partial charge in [-0.25, -0.2) is 4.39 Å². The summed E-state index contributed by atoms with van der Waals surface area (Å²) in [6, 6.07) is 36.4. The van der Waals surface area contributed by atoms with Gasteiger partial charge in [0.25, 0.3) is 15.7 Å². The van der Waals surface area contributed by atoms with Gasteiger partial charge in [0, 0.05) is 18.2 Å². The summed E-state index contributed by atoms with van der Waals surface area (Å²) in [5.41, 5.74) is 7.77. The molecule has 2 atom stereocenters. The molecule has 274 valence electrons. The van der Waals surface area contributed by atoms with Crippen LogP contribution in [0.3, 0.4) is 0 Å². The van der Waals surface area contributed by atoms with E-state index in [-0.39, 0.29) is 17.9 Å². The molecule has 0 aliphatic carbocycles. The highest BCUT2D eigenvalue weighted by Gasteiger charge is 2.52. The molecular formula is C44H47FNO5PSi. The van der Waals surface area contributed by atoms with E-state index < -0.39 is 39.2 Å². The van der Waals surface area contributed by atoms with Crippen molar-refractivity contribution >= 4 is 32.0 Å². The van der Waals surface area contributed by atoms with Gasteiger partial charge in [0.15, 0.2) is 0 Å². The molecule has 5 aromatic rings. The van der Waals surface area contributed by atoms with Gasteiger partial charge in [0.1, 0.15) is 5.82 Å². The largest absolute Gasteiger partial charge is 0.481 e. The lowest BCUT2D eigenvalue weighted by Crippen LogP contribution is -2.68. The Morgan fingerprint density at radius 3 is 1.94 bits per heavy atom. The second-order valence-corrected chi connectivity index (χ2v) is 21.1. The molecule has 0 amide bonds. The Labute approximate surface area is 314 Å². The molecule has 1 aromatic heterocycles. The van der Waals surface area contributed by atoms with Crippen LogP contribution in [0.2, 0.25) is 5.04 Å². The van der Waals surface area contributed by atoms with Crippen LogP contribution in [0, 0.1) is 24.3 Å². The lowest BCUT2D eigenvalue weighted by Gasteiger charge is -2.45. The van der Waals surface area contributed by atoms with E-state index in [4.69, 9.17) is 13.9 Å². The molecule has 0 fully saturated rings. The predicted molar refractivity (Wildman–Crippen MR) is 215 cm³/mol. The highest BCUT2D eigenvalue weighted by molar-refractivity contribution is 7.64. The van der Waals surface area contributed by atoms with Crippen LogP contribution in [0.5, 0.6) is 0 Å². The van der Waals surface area contributed by atoms with Gasteiger partial charge in [0.2, 0.25) is 0 Å². The first kappa shape index (κ1) is 39.6. The Hall–Kier alpha value is -4.64. The molecule has 9 heteroatoms. The van der Waals surface area contributed by atoms with E-state index in [1.165, 1.54) is 13.2 Å². The van der Waals surface area contributed by atoms with Crippen molar-refractivity contribution in [2.75, 3.05) is 13.3 Å². The van der Waals surface area contributed by atoms with E-state index in [0.717, 1.165) is 27.2 Å². The first-order chi connectivity index (χ1) is 25.2. The number of aliphatic carboxylic acids is 1. The van der Waals surface area contributed by atoms with Crippen LogP contribution in [0.25, 0.3) is 22.4 Å². The number of nitrogens with zero attached hydrogens (tertiary/aromatic N) is 1. The Kier molecular flexibility index (Phi) is 12.4. The topological polar surface area (TPSA) is 85.7 Å². The summed E-state index contributed by atoms with van der Waals surface area (Å²) in [7, 11) is -5.76. The third-order valence-electron chi connectivity index (χ3n) is 9.39. The Morgan fingerprint density at radius 1 is 0.887 bits per heavy atom. The van der Waals surface area contributed by atoms with Crippen molar-refractivity contribution in [2.24, 2.45) is 0 Å². The molecule has 0 bridgehead atoms. The first-order valence-electron chi connectivity index (χ1n) is 17.7. The molecule has 0 radical (unpaired) electrons. The summed E-state index contributed by atoms with van der Waals surface area (Å²) >= 11 is 0. The molecule has 1 N–H and O–H groups in total. The number of aromatic nitrogens is 1. The molecule has 4 aromatic carbocycles. The number of pyridine rings is 1. The van der Waals surface area contributed by atoms with Crippen molar-refractivity contribution in [1.82, 2.24) is 4.98 Å². The van der Waals surface area contributed by atoms with Gasteiger partial charge in [-0.15, -0.1) is 0 Å². The van der Waals surface area contributed by atoms with Crippen LogP contribution in [-0.2, 0) is 18.3 Å². The Balaban J connectivity index is 1.66. The van der Waals surface area contributed by atoms with Crippen LogP contribution in [0.15, 0.2) is 115 Å². The molecule has 0 saturated carbocycles. The van der Waals surface area contributed by atoms with Gasteiger partial charge < -0.3 is 14.1 Å². The molecule has 53 heavy (non-hydrogen) atoms. The highest BCUT2D eigenvalue weighted by Crippen LogP contribution is 2.48. The van der Waals surface area contributed by atoms with Crippen molar-refractivity contribution < 1.29 is 27.8 Å². The number of aryl methyl sites for hydroxylation is 1. The van der Waals surface area contributed by atoms with Gasteiger partial charge >= 0.3 is 5.97 Å². The second-order valence-electron chi connectivity index (χ2n) is 14.6. The third-order valence-corrected chi connectivity index (χ3v) is 16.4. The first-order valence-corrected chi connectivity index (χ1v) is 21.4. The van der Waals surface area contributed by atoms with Crippen LogP contribution >= 0.6 is 7.37 Å². The molecule has 0 aliphatic heterocycles. The smallest absolute Gasteiger partial charge is 0.305 e. The zero-order valence-corrected chi connectivity index (χ0v) is 33.3. The molecule has 1 heterocycles. The molecule has 5 rings (SSSR count). The van der Waals surface area contributed by atoms with Gasteiger partial charge in [-0.1, -0.05) is 138 Å². The molecule has 6 nitrogen and oxygen atoms in total. The predicted octanol–water partition coefficient (Wildman–Crippen LogP) is 9.64. The number of carbonyl (C=O) groups is 1. The average molecular weight is 748 g/mol. The van der Waals surface area contributed by atoms with Gasteiger partial charge in [0.05, 0.1) is 35.6 Å². The molecule has 0 spiro atoms. The summed E-state index contributed by atoms with van der Waals surface area (Å²) < 4.78 is 42.1. The maximum atomic E-state index is 14.7. The maximum Gasteiger partial charge on any atom is 0.305 e. The summed E-state index contributed by atoms with van der Waals surface area (Å²) in [6.07, 6.45) is -1.64. The third kappa shape index (κ3) is 8.95. The van der Waals surface area contributed by atoms with Crippen molar-refractivity contribution in [3.8, 4) is 34.0 Å². The minimum Gasteiger partial charge on any atom is -0.481 e. The van der Waals surface area contributed by atoms with Crippen molar-refractivity contribution in [3.05, 3.63) is 138 Å². The van der Waals surface area contributed by atoms with Crippen molar-refractivity contribution in [3.63, 3.8) is 0 Å². The maximum absolute atomic E-state index is 14.7. The SMILES string of the molecule is COP(=O)(C#Cc1c(-c2ccc(F)c(C)c2)cc(-c2ccccc2)nc1C(C)C)C[C@H](CC(=O)O)O[Si](c1ccccc1)(c1ccccc1)C(C)(C)C. The quantitative estimate of drug-likeness (QED) is 0.0778. The van der Waals surface area contributed by atoms with Crippen LogP contribution < -0.4 is 10.4 Å². The van der Waals surface area contributed by atoms with Gasteiger partial charge in [-0.05, 0) is 63.2 Å². The standard InChI is InChI=1S/C44H47FNO5PSi/c1-31(2)43-38(39(34-23-24-40(45)32(3)27-34)29-41(46-43)33-17-11-8-12-18-33)25-26-52(49,50-7)30-35(28-42(47)48)51-53(44(4,5)6,36-19-13-9-14-20-36)37-21-15-10-16-22-37/h8-24,27,29,31,35H,28,30H2,1-7H3,(H,47,48)/t35-,52?/m0/s1. The minimum absolute atomic E-state index is 0.0802. The van der Waals surface area contributed by atoms with E-state index >= 15 is 0 Å². The summed E-state index contributed by atoms with van der Waals surface area (Å²) in [5, 5.41) is 11.6. The Morgan fingerprint density at radius 2 is 1.45 bits per heavy atom. The summed E-state index contributed by atoms with van der Waals surface area (Å²) in [5.74, 6) is 1.71. The fourth-order valence-electron chi connectivity index (χ4n) is 6.77. The number of hydrogen-bond acceptors (Lipinski definition) is 5. The van der Waals surface area contributed by atoms with E-state index in [1.807, 2.05) is 111 Å². The second kappa shape index (κ2) is 16.6. The molecular weight excluding hydrogens is 701 g/mol. The summed E-state index contributed by atoms with van der Waals surface area (Å²) in [6.45, 7) is 12.0. The summed E-state index contributed by atoms with van der Waals surface area (Å²) in [4.78, 5) is 17.5. The Bertz CT molecular complexity index is 2120. The van der Waals surface area contributed by atoms with E-state index in [1.54, 1.807) is 19.1 Å². The number of carboxylic acids is 1. The lowest BCUT2D eigenvalue weighted by atomic mass is 9.92. The van der Waals surface area contributed by atoms with E-state index in [2.05, 4.69) is 32.4 Å².